The van der Waals surface area contributed by atoms with Crippen molar-refractivity contribution in [3.8, 4) is 0 Å². The summed E-state index contributed by atoms with van der Waals surface area (Å²) in [6.07, 6.45) is 4.86. The van der Waals surface area contributed by atoms with Gasteiger partial charge in [0.15, 0.2) is 0 Å². The van der Waals surface area contributed by atoms with Gasteiger partial charge < -0.3 is 13.3 Å². The summed E-state index contributed by atoms with van der Waals surface area (Å²) in [5, 5.41) is 0. The van der Waals surface area contributed by atoms with Crippen molar-refractivity contribution in [1.82, 2.24) is 0 Å². The molecule has 0 rings (SSSR count). The highest BCUT2D eigenvalue weighted by Gasteiger charge is 2.31. The van der Waals surface area contributed by atoms with Gasteiger partial charge in [-0.3, -0.25) is 0 Å². The summed E-state index contributed by atoms with van der Waals surface area (Å²) in [6.45, 7) is 9.06. The normalized spacial score (nSPS) is 10.9. The maximum atomic E-state index is 5.57. The largest absolute Gasteiger partial charge is 0.497 e. The van der Waals surface area contributed by atoms with Crippen molar-refractivity contribution >= 4 is 17.4 Å². The van der Waals surface area contributed by atoms with Crippen LogP contribution in [0.15, 0.2) is 0 Å². The van der Waals surface area contributed by atoms with E-state index in [1.165, 1.54) is 27.8 Å². The summed E-state index contributed by atoms with van der Waals surface area (Å²) in [7, 11) is 2.44. The van der Waals surface area contributed by atoms with Gasteiger partial charge in [-0.05, 0) is 19.8 Å². The second-order valence-corrected chi connectivity index (χ2v) is 7.35. The van der Waals surface area contributed by atoms with Crippen LogP contribution in [0.2, 0.25) is 6.55 Å². The first-order valence-electron chi connectivity index (χ1n) is 5.82. The highest BCUT2D eigenvalue weighted by molar-refractivity contribution is 7.35. The number of hydrogen-bond acceptors (Lipinski definition) is 3. The van der Waals surface area contributed by atoms with E-state index < -0.39 is 8.80 Å². The Morgan fingerprint density at radius 1 is 1.00 bits per heavy atom. The maximum absolute atomic E-state index is 5.57. The highest BCUT2D eigenvalue weighted by Crippen LogP contribution is 2.08. The first-order valence-corrected chi connectivity index (χ1v) is 9.83. The molecule has 16 heavy (non-hydrogen) atoms. The van der Waals surface area contributed by atoms with E-state index in [1.807, 2.05) is 6.55 Å². The Balaban J connectivity index is 0. The Labute approximate surface area is 104 Å². The lowest BCUT2D eigenvalue weighted by Crippen LogP contribution is -2.40. The van der Waals surface area contributed by atoms with Crippen LogP contribution in [0.5, 0.6) is 0 Å². The second kappa shape index (κ2) is 13.6. The fraction of sp³-hybridized carbons (Fsp3) is 1.00. The summed E-state index contributed by atoms with van der Waals surface area (Å²) < 4.78 is 15.9. The molecule has 0 aromatic heterocycles. The van der Waals surface area contributed by atoms with Crippen LogP contribution in [0.4, 0.5) is 0 Å². The van der Waals surface area contributed by atoms with Crippen LogP contribution in [0.25, 0.3) is 0 Å². The Hall–Kier alpha value is 0.527. The molecule has 0 aliphatic heterocycles. The molecular weight excluding hydrogens is 239 g/mol. The minimum Gasteiger partial charge on any atom is -0.377 e. The molecule has 1 radical (unpaired) electrons. The van der Waals surface area contributed by atoms with Crippen molar-refractivity contribution in [1.29, 1.82) is 0 Å². The van der Waals surface area contributed by atoms with Crippen LogP contribution >= 0.6 is 8.58 Å². The van der Waals surface area contributed by atoms with E-state index in [0.29, 0.717) is 0 Å². The zero-order chi connectivity index (χ0) is 12.9. The molecule has 99 valence electrons. The molecule has 0 aliphatic rings. The Morgan fingerprint density at radius 3 is 1.88 bits per heavy atom. The molecule has 0 aliphatic carbocycles. The van der Waals surface area contributed by atoms with E-state index >= 15 is 0 Å². The first kappa shape index (κ1) is 18.9. The average molecular weight is 267 g/mol. The summed E-state index contributed by atoms with van der Waals surface area (Å²) in [4.78, 5) is 0. The second-order valence-electron chi connectivity index (χ2n) is 3.63. The molecule has 0 unspecified atom stereocenters. The van der Waals surface area contributed by atoms with Crippen molar-refractivity contribution in [2.75, 3.05) is 34.2 Å². The van der Waals surface area contributed by atoms with Crippen LogP contribution in [0.3, 0.4) is 0 Å². The molecule has 0 saturated heterocycles. The van der Waals surface area contributed by atoms with E-state index in [1.54, 1.807) is 14.2 Å². The van der Waals surface area contributed by atoms with Gasteiger partial charge >= 0.3 is 8.80 Å². The molecule has 5 heteroatoms. The summed E-state index contributed by atoms with van der Waals surface area (Å²) in [6, 6.07) is 0. The van der Waals surface area contributed by atoms with Gasteiger partial charge in [0.1, 0.15) is 0 Å². The number of unbranched alkanes of at least 4 members (excludes halogenated alkanes) is 3. The standard InChI is InChI=1S/C9H22O3Si.C2H6P/c1-5-6-7-8-9-12-13(4,10-2)11-3;1-3-2/h5-9H2,1-4H3;1-2H3. The lowest BCUT2D eigenvalue weighted by atomic mass is 10.2. The lowest BCUT2D eigenvalue weighted by Gasteiger charge is -2.21. The molecule has 0 amide bonds. The summed E-state index contributed by atoms with van der Waals surface area (Å²) >= 11 is 0. The van der Waals surface area contributed by atoms with E-state index in [2.05, 4.69) is 20.3 Å². The van der Waals surface area contributed by atoms with Gasteiger partial charge in [-0.15, -0.1) is 0 Å². The molecule has 0 bridgehead atoms. The third kappa shape index (κ3) is 12.6. The quantitative estimate of drug-likeness (QED) is 0.382. The molecule has 0 N–H and O–H groups in total. The molecular formula is C11H28O3PSi. The van der Waals surface area contributed by atoms with Gasteiger partial charge in [0.2, 0.25) is 0 Å². The van der Waals surface area contributed by atoms with Crippen molar-refractivity contribution in [2.45, 2.75) is 39.2 Å². The zero-order valence-electron chi connectivity index (χ0n) is 11.7. The average Bonchev–Trinajstić information content (AvgIpc) is 2.29. The van der Waals surface area contributed by atoms with Crippen LogP contribution in [-0.4, -0.2) is 43.0 Å². The molecule has 0 fully saturated rings. The molecule has 0 aromatic carbocycles. The molecule has 0 heterocycles. The fourth-order valence-electron chi connectivity index (χ4n) is 0.988. The van der Waals surface area contributed by atoms with Crippen LogP contribution < -0.4 is 0 Å². The third-order valence-corrected chi connectivity index (χ3v) is 4.32. The Kier molecular flexibility index (Phi) is 16.0. The van der Waals surface area contributed by atoms with E-state index in [4.69, 9.17) is 13.3 Å². The van der Waals surface area contributed by atoms with Crippen molar-refractivity contribution in [2.24, 2.45) is 0 Å². The predicted molar refractivity (Wildman–Crippen MR) is 74.5 cm³/mol. The molecule has 3 nitrogen and oxygen atoms in total. The SMILES string of the molecule is CCCCCCO[Si](C)(OC)OC.C[P]C. The van der Waals surface area contributed by atoms with Crippen molar-refractivity contribution in [3.63, 3.8) is 0 Å². The minimum atomic E-state index is -2.26. The first-order chi connectivity index (χ1) is 7.60. The molecule has 0 aromatic rings. The smallest absolute Gasteiger partial charge is 0.377 e. The monoisotopic (exact) mass is 267 g/mol. The number of hydrogen-bond donors (Lipinski definition) is 0. The highest BCUT2D eigenvalue weighted by atomic mass is 31.1. The van der Waals surface area contributed by atoms with E-state index in [0.717, 1.165) is 13.0 Å². The van der Waals surface area contributed by atoms with Gasteiger partial charge in [0.25, 0.3) is 0 Å². The van der Waals surface area contributed by atoms with Gasteiger partial charge in [-0.1, -0.05) is 34.8 Å². The van der Waals surface area contributed by atoms with E-state index in [9.17, 15) is 0 Å². The van der Waals surface area contributed by atoms with Crippen LogP contribution in [0.1, 0.15) is 32.6 Å². The topological polar surface area (TPSA) is 27.7 Å². The Bertz CT molecular complexity index is 132. The van der Waals surface area contributed by atoms with Crippen LogP contribution in [0, 0.1) is 0 Å². The lowest BCUT2D eigenvalue weighted by molar-refractivity contribution is 0.104. The third-order valence-electron chi connectivity index (χ3n) is 2.10. The fourth-order valence-corrected chi connectivity index (χ4v) is 1.91. The molecule has 0 saturated carbocycles. The summed E-state index contributed by atoms with van der Waals surface area (Å²) in [5.74, 6) is 0. The van der Waals surface area contributed by atoms with Crippen molar-refractivity contribution < 1.29 is 13.3 Å². The van der Waals surface area contributed by atoms with Crippen molar-refractivity contribution in [3.05, 3.63) is 0 Å². The molecule has 0 atom stereocenters. The summed E-state index contributed by atoms with van der Waals surface area (Å²) in [5.41, 5.74) is 0. The van der Waals surface area contributed by atoms with Gasteiger partial charge in [0.05, 0.1) is 0 Å². The molecule has 0 spiro atoms. The van der Waals surface area contributed by atoms with Gasteiger partial charge in [-0.2, -0.15) is 0 Å². The minimum absolute atomic E-state index is 0.754. The number of rotatable bonds is 8. The van der Waals surface area contributed by atoms with Gasteiger partial charge in [-0.25, -0.2) is 0 Å². The van der Waals surface area contributed by atoms with Gasteiger partial charge in [0, 0.05) is 27.4 Å². The maximum Gasteiger partial charge on any atom is 0.497 e. The predicted octanol–water partition coefficient (Wildman–Crippen LogP) is 3.64. The van der Waals surface area contributed by atoms with Crippen LogP contribution in [-0.2, 0) is 13.3 Å². The van der Waals surface area contributed by atoms with E-state index in [-0.39, 0.29) is 0 Å². The Morgan fingerprint density at radius 2 is 1.50 bits per heavy atom. The zero-order valence-corrected chi connectivity index (χ0v) is 13.6.